The van der Waals surface area contributed by atoms with E-state index in [9.17, 15) is 19.6 Å². The number of benzene rings is 1. The van der Waals surface area contributed by atoms with Crippen LogP contribution in [0.1, 0.15) is 33.3 Å². The summed E-state index contributed by atoms with van der Waals surface area (Å²) in [7, 11) is 3.07. The van der Waals surface area contributed by atoms with Crippen molar-refractivity contribution in [3.05, 3.63) is 59.5 Å². The van der Waals surface area contributed by atoms with Crippen LogP contribution in [0.3, 0.4) is 0 Å². The number of ether oxygens (including phenoxy) is 1. The Morgan fingerprint density at radius 2 is 1.91 bits per heavy atom. The largest absolute Gasteiger partial charge is 0.494 e. The number of amides is 2. The fourth-order valence-electron chi connectivity index (χ4n) is 3.37. The van der Waals surface area contributed by atoms with Crippen LogP contribution in [0.5, 0.6) is 5.75 Å². The molecule has 2 amide bonds. The highest BCUT2D eigenvalue weighted by Crippen LogP contribution is 2.30. The van der Waals surface area contributed by atoms with Crippen molar-refractivity contribution in [1.29, 1.82) is 5.26 Å². The van der Waals surface area contributed by atoms with Gasteiger partial charge in [0.1, 0.15) is 11.8 Å². The Kier molecular flexibility index (Phi) is 6.85. The van der Waals surface area contributed by atoms with Crippen LogP contribution in [-0.2, 0) is 4.79 Å². The summed E-state index contributed by atoms with van der Waals surface area (Å²) in [6.07, 6.45) is 2.73. The standard InChI is InChI=1S/C23H23N5O4/c1-4-28(11-10-27(2)22(30)15-8-6-5-7-9-15)23(31)21(29)16-13-26-20-17(12-24)25-14-18(32-3)19(16)20/h5-9,13-14,26H,4,10-11H2,1-3H3. The van der Waals surface area contributed by atoms with Crippen LogP contribution in [0.25, 0.3) is 10.9 Å². The molecule has 0 saturated carbocycles. The fraction of sp³-hybridized carbons (Fsp3) is 0.261. The molecule has 164 valence electrons. The van der Waals surface area contributed by atoms with Crippen molar-refractivity contribution in [3.63, 3.8) is 0 Å². The first-order chi connectivity index (χ1) is 15.4. The van der Waals surface area contributed by atoms with E-state index in [0.717, 1.165) is 0 Å². The van der Waals surface area contributed by atoms with Crippen molar-refractivity contribution in [3.8, 4) is 11.8 Å². The summed E-state index contributed by atoms with van der Waals surface area (Å²) in [4.78, 5) is 48.3. The number of nitriles is 1. The third kappa shape index (κ3) is 4.30. The van der Waals surface area contributed by atoms with Crippen LogP contribution in [0.15, 0.2) is 42.7 Å². The van der Waals surface area contributed by atoms with Gasteiger partial charge >= 0.3 is 0 Å². The van der Waals surface area contributed by atoms with E-state index in [2.05, 4.69) is 9.97 Å². The molecular formula is C23H23N5O4. The third-order valence-electron chi connectivity index (χ3n) is 5.18. The highest BCUT2D eigenvalue weighted by molar-refractivity contribution is 6.45. The number of fused-ring (bicyclic) bond motifs is 1. The SMILES string of the molecule is CCN(CCN(C)C(=O)c1ccccc1)C(=O)C(=O)c1c[nH]c2c(C#N)ncc(OC)c12. The van der Waals surface area contributed by atoms with Gasteiger partial charge in [-0.05, 0) is 19.1 Å². The van der Waals surface area contributed by atoms with E-state index in [1.807, 2.05) is 12.1 Å². The third-order valence-corrected chi connectivity index (χ3v) is 5.18. The summed E-state index contributed by atoms with van der Waals surface area (Å²) in [5.74, 6) is -1.32. The number of rotatable bonds is 8. The van der Waals surface area contributed by atoms with Crippen LogP contribution in [-0.4, -0.2) is 71.2 Å². The second-order valence-corrected chi connectivity index (χ2v) is 7.05. The molecule has 0 radical (unpaired) electrons. The monoisotopic (exact) mass is 433 g/mol. The van der Waals surface area contributed by atoms with Gasteiger partial charge in [-0.25, -0.2) is 4.98 Å². The zero-order valence-electron chi connectivity index (χ0n) is 18.1. The molecule has 2 heterocycles. The molecule has 1 N–H and O–H groups in total. The number of likely N-dealkylation sites (N-methyl/N-ethyl adjacent to an activating group) is 2. The maximum atomic E-state index is 13.0. The van der Waals surface area contributed by atoms with Gasteiger partial charge in [-0.1, -0.05) is 18.2 Å². The number of ketones is 1. The molecule has 0 aliphatic carbocycles. The molecule has 0 saturated heterocycles. The normalized spacial score (nSPS) is 10.4. The summed E-state index contributed by atoms with van der Waals surface area (Å²) in [5.41, 5.74) is 1.08. The highest BCUT2D eigenvalue weighted by atomic mass is 16.5. The molecule has 3 aromatic rings. The molecule has 0 spiro atoms. The van der Waals surface area contributed by atoms with Crippen molar-refractivity contribution < 1.29 is 19.1 Å². The number of nitrogens with one attached hydrogen (secondary N) is 1. The van der Waals surface area contributed by atoms with Crippen molar-refractivity contribution in [2.75, 3.05) is 33.8 Å². The Morgan fingerprint density at radius 3 is 2.53 bits per heavy atom. The number of hydrogen-bond donors (Lipinski definition) is 1. The average Bonchev–Trinajstić information content (AvgIpc) is 3.28. The van der Waals surface area contributed by atoms with Crippen LogP contribution < -0.4 is 4.74 Å². The quantitative estimate of drug-likeness (QED) is 0.430. The number of carbonyl (C=O) groups is 3. The van der Waals surface area contributed by atoms with E-state index >= 15 is 0 Å². The summed E-state index contributed by atoms with van der Waals surface area (Å²) < 4.78 is 5.28. The Morgan fingerprint density at radius 1 is 1.19 bits per heavy atom. The highest BCUT2D eigenvalue weighted by Gasteiger charge is 2.27. The van der Waals surface area contributed by atoms with Gasteiger partial charge in [0.05, 0.1) is 29.8 Å². The zero-order valence-corrected chi connectivity index (χ0v) is 18.1. The zero-order chi connectivity index (χ0) is 23.3. The second-order valence-electron chi connectivity index (χ2n) is 7.05. The molecule has 0 aliphatic heterocycles. The van der Waals surface area contributed by atoms with Crippen LogP contribution >= 0.6 is 0 Å². The second kappa shape index (κ2) is 9.75. The summed E-state index contributed by atoms with van der Waals surface area (Å²) >= 11 is 0. The summed E-state index contributed by atoms with van der Waals surface area (Å²) in [6, 6.07) is 10.8. The van der Waals surface area contributed by atoms with Crippen LogP contribution in [0, 0.1) is 11.3 Å². The molecule has 32 heavy (non-hydrogen) atoms. The van der Waals surface area contributed by atoms with Crippen molar-refractivity contribution >= 4 is 28.5 Å². The molecule has 9 nitrogen and oxygen atoms in total. The lowest BCUT2D eigenvalue weighted by atomic mass is 10.1. The Hall–Kier alpha value is -4.19. The number of pyridine rings is 1. The first-order valence-corrected chi connectivity index (χ1v) is 10.0. The van der Waals surface area contributed by atoms with Gasteiger partial charge in [-0.15, -0.1) is 0 Å². The lowest BCUT2D eigenvalue weighted by molar-refractivity contribution is -0.126. The number of hydrogen-bond acceptors (Lipinski definition) is 6. The maximum Gasteiger partial charge on any atom is 0.295 e. The number of aromatic nitrogens is 2. The van der Waals surface area contributed by atoms with Gasteiger partial charge < -0.3 is 19.5 Å². The lowest BCUT2D eigenvalue weighted by Crippen LogP contribution is -2.42. The summed E-state index contributed by atoms with van der Waals surface area (Å²) in [5, 5.41) is 9.60. The minimum absolute atomic E-state index is 0.0979. The van der Waals surface area contributed by atoms with E-state index in [0.29, 0.717) is 23.0 Å². The molecule has 0 aliphatic rings. The Labute approximate surface area is 185 Å². The van der Waals surface area contributed by atoms with Crippen LogP contribution in [0.4, 0.5) is 0 Å². The van der Waals surface area contributed by atoms with Gasteiger partial charge in [0.2, 0.25) is 0 Å². The van der Waals surface area contributed by atoms with Gasteiger partial charge in [-0.3, -0.25) is 14.4 Å². The van der Waals surface area contributed by atoms with Crippen molar-refractivity contribution in [1.82, 2.24) is 19.8 Å². The minimum atomic E-state index is -0.733. The van der Waals surface area contributed by atoms with Gasteiger partial charge in [0.15, 0.2) is 5.69 Å². The molecular weight excluding hydrogens is 410 g/mol. The number of methoxy groups -OCH3 is 1. The first kappa shape index (κ1) is 22.5. The first-order valence-electron chi connectivity index (χ1n) is 10.0. The van der Waals surface area contributed by atoms with Gasteiger partial charge in [0, 0.05) is 38.4 Å². The molecule has 3 rings (SSSR count). The molecule has 9 heteroatoms. The number of carbonyl (C=O) groups excluding carboxylic acids is 3. The van der Waals surface area contributed by atoms with E-state index in [-0.39, 0.29) is 36.0 Å². The van der Waals surface area contributed by atoms with Crippen LogP contribution in [0.2, 0.25) is 0 Å². The molecule has 2 aromatic heterocycles. The van der Waals surface area contributed by atoms with E-state index in [1.54, 1.807) is 38.2 Å². The Bertz CT molecular complexity index is 1200. The molecule has 0 bridgehead atoms. The number of H-pyrrole nitrogens is 1. The summed E-state index contributed by atoms with van der Waals surface area (Å²) in [6.45, 7) is 2.51. The molecule has 1 aromatic carbocycles. The van der Waals surface area contributed by atoms with Gasteiger partial charge in [0.25, 0.3) is 17.6 Å². The van der Waals surface area contributed by atoms with Crippen molar-refractivity contribution in [2.24, 2.45) is 0 Å². The predicted octanol–water partition coefficient (Wildman–Crippen LogP) is 2.25. The Balaban J connectivity index is 1.78. The number of Topliss-reactive ketones (excluding diaryl/α,β-unsaturated/α-hetero) is 1. The minimum Gasteiger partial charge on any atom is -0.494 e. The average molecular weight is 433 g/mol. The van der Waals surface area contributed by atoms with Gasteiger partial charge in [-0.2, -0.15) is 5.26 Å². The van der Waals surface area contributed by atoms with E-state index < -0.39 is 11.7 Å². The molecule has 0 unspecified atom stereocenters. The lowest BCUT2D eigenvalue weighted by Gasteiger charge is -2.24. The molecule has 0 fully saturated rings. The maximum absolute atomic E-state index is 13.0. The predicted molar refractivity (Wildman–Crippen MR) is 117 cm³/mol. The number of nitrogens with zero attached hydrogens (tertiary/aromatic N) is 4. The van der Waals surface area contributed by atoms with Crippen molar-refractivity contribution in [2.45, 2.75) is 6.92 Å². The smallest absolute Gasteiger partial charge is 0.295 e. The van der Waals surface area contributed by atoms with E-state index in [4.69, 9.17) is 4.74 Å². The number of aromatic amines is 1. The topological polar surface area (TPSA) is 119 Å². The molecule has 0 atom stereocenters. The van der Waals surface area contributed by atoms with E-state index in [1.165, 1.54) is 29.3 Å². The fourth-order valence-corrected chi connectivity index (χ4v) is 3.37.